The summed E-state index contributed by atoms with van der Waals surface area (Å²) in [5.74, 6) is 1.65. The highest BCUT2D eigenvalue weighted by molar-refractivity contribution is 4.95. The van der Waals surface area contributed by atoms with Gasteiger partial charge in [-0.2, -0.15) is 0 Å². The van der Waals surface area contributed by atoms with Crippen molar-refractivity contribution in [3.05, 3.63) is 0 Å². The third-order valence-corrected chi connectivity index (χ3v) is 5.13. The fourth-order valence-electron chi connectivity index (χ4n) is 4.25. The smallest absolute Gasteiger partial charge is 0.0700 e. The molecule has 0 radical (unpaired) electrons. The van der Waals surface area contributed by atoms with Gasteiger partial charge in [0.05, 0.1) is 12.7 Å². The molecule has 5 atom stereocenters. The molecule has 1 heterocycles. The summed E-state index contributed by atoms with van der Waals surface area (Å²) in [6, 6.07) is 1.38. The maximum absolute atomic E-state index is 5.86. The molecule has 1 aliphatic heterocycles. The zero-order valence-corrected chi connectivity index (χ0v) is 13.9. The number of rotatable bonds is 5. The van der Waals surface area contributed by atoms with Gasteiger partial charge in [-0.3, -0.25) is 4.90 Å². The highest BCUT2D eigenvalue weighted by Crippen LogP contribution is 2.33. The summed E-state index contributed by atoms with van der Waals surface area (Å²) < 4.78 is 5.86. The van der Waals surface area contributed by atoms with Crippen LogP contribution in [-0.2, 0) is 4.74 Å². The van der Waals surface area contributed by atoms with Crippen molar-refractivity contribution in [3.8, 4) is 0 Å². The van der Waals surface area contributed by atoms with Gasteiger partial charge < -0.3 is 10.1 Å². The molecule has 2 rings (SSSR count). The van der Waals surface area contributed by atoms with Gasteiger partial charge in [-0.05, 0) is 44.1 Å². The Bertz CT molecular complexity index is 282. The molecule has 0 amide bonds. The van der Waals surface area contributed by atoms with Crippen LogP contribution >= 0.6 is 0 Å². The van der Waals surface area contributed by atoms with Gasteiger partial charge in [0.15, 0.2) is 0 Å². The molecule has 0 aromatic heterocycles. The van der Waals surface area contributed by atoms with Gasteiger partial charge in [-0.15, -0.1) is 0 Å². The molecule has 2 fully saturated rings. The highest BCUT2D eigenvalue weighted by atomic mass is 16.5. The molecule has 20 heavy (non-hydrogen) atoms. The number of hydrogen-bond acceptors (Lipinski definition) is 3. The second kappa shape index (κ2) is 7.77. The standard InChI is InChI=1S/C17H34N2O/c1-5-7-18-16-11-13(3)10-14(4)17(16)19-8-9-20-15(6-2)12-19/h13-18H,5-12H2,1-4H3. The minimum absolute atomic E-state index is 0.446. The van der Waals surface area contributed by atoms with E-state index in [9.17, 15) is 0 Å². The van der Waals surface area contributed by atoms with Crippen LogP contribution in [0.25, 0.3) is 0 Å². The van der Waals surface area contributed by atoms with E-state index >= 15 is 0 Å². The van der Waals surface area contributed by atoms with E-state index in [0.29, 0.717) is 18.2 Å². The summed E-state index contributed by atoms with van der Waals surface area (Å²) in [6.45, 7) is 13.7. The number of hydrogen-bond donors (Lipinski definition) is 1. The minimum Gasteiger partial charge on any atom is -0.376 e. The van der Waals surface area contributed by atoms with Crippen LogP contribution in [-0.4, -0.2) is 49.3 Å². The zero-order valence-electron chi connectivity index (χ0n) is 13.9. The van der Waals surface area contributed by atoms with Crippen molar-refractivity contribution in [3.63, 3.8) is 0 Å². The Hall–Kier alpha value is -0.120. The van der Waals surface area contributed by atoms with Crippen LogP contribution in [0.1, 0.15) is 53.4 Å². The lowest BCUT2D eigenvalue weighted by atomic mass is 9.75. The maximum Gasteiger partial charge on any atom is 0.0700 e. The summed E-state index contributed by atoms with van der Waals surface area (Å²) in [5.41, 5.74) is 0. The summed E-state index contributed by atoms with van der Waals surface area (Å²) in [6.07, 6.45) is 5.53. The van der Waals surface area contributed by atoms with E-state index in [-0.39, 0.29) is 0 Å². The third kappa shape index (κ3) is 3.96. The first-order valence-corrected chi connectivity index (χ1v) is 8.74. The molecule has 3 heteroatoms. The highest BCUT2D eigenvalue weighted by Gasteiger charge is 2.38. The van der Waals surface area contributed by atoms with Crippen LogP contribution in [0, 0.1) is 11.8 Å². The molecule has 118 valence electrons. The largest absolute Gasteiger partial charge is 0.376 e. The Morgan fingerprint density at radius 1 is 1.20 bits per heavy atom. The Balaban J connectivity index is 2.03. The monoisotopic (exact) mass is 282 g/mol. The second-order valence-electron chi connectivity index (χ2n) is 7.00. The minimum atomic E-state index is 0.446. The molecular weight excluding hydrogens is 248 g/mol. The fraction of sp³-hybridized carbons (Fsp3) is 1.00. The molecule has 2 aliphatic rings. The first-order valence-electron chi connectivity index (χ1n) is 8.74. The topological polar surface area (TPSA) is 24.5 Å². The molecule has 1 aliphatic carbocycles. The van der Waals surface area contributed by atoms with Crippen LogP contribution in [0.15, 0.2) is 0 Å². The first kappa shape index (κ1) is 16.3. The summed E-state index contributed by atoms with van der Waals surface area (Å²) in [7, 11) is 0. The summed E-state index contributed by atoms with van der Waals surface area (Å²) in [4.78, 5) is 2.72. The van der Waals surface area contributed by atoms with Crippen molar-refractivity contribution in [2.75, 3.05) is 26.2 Å². The number of ether oxygens (including phenoxy) is 1. The SMILES string of the molecule is CCCNC1CC(C)CC(C)C1N1CCOC(CC)C1. The lowest BCUT2D eigenvalue weighted by Crippen LogP contribution is -2.60. The Morgan fingerprint density at radius 3 is 2.70 bits per heavy atom. The van der Waals surface area contributed by atoms with E-state index < -0.39 is 0 Å². The van der Waals surface area contributed by atoms with Crippen LogP contribution in [0.4, 0.5) is 0 Å². The quantitative estimate of drug-likeness (QED) is 0.839. The van der Waals surface area contributed by atoms with E-state index in [1.165, 1.54) is 19.3 Å². The lowest BCUT2D eigenvalue weighted by Gasteiger charge is -2.48. The Kier molecular flexibility index (Phi) is 6.31. The molecule has 1 saturated carbocycles. The Labute approximate surface area is 125 Å². The van der Waals surface area contributed by atoms with E-state index in [2.05, 4.69) is 37.9 Å². The van der Waals surface area contributed by atoms with Gasteiger partial charge in [0.25, 0.3) is 0 Å². The average Bonchev–Trinajstić information content (AvgIpc) is 2.44. The van der Waals surface area contributed by atoms with Crippen LogP contribution in [0.2, 0.25) is 0 Å². The summed E-state index contributed by atoms with van der Waals surface area (Å²) in [5, 5.41) is 3.83. The molecule has 0 bridgehead atoms. The van der Waals surface area contributed by atoms with Gasteiger partial charge >= 0.3 is 0 Å². The van der Waals surface area contributed by atoms with Crippen molar-refractivity contribution < 1.29 is 4.74 Å². The number of nitrogens with zero attached hydrogens (tertiary/aromatic N) is 1. The summed E-state index contributed by atoms with van der Waals surface area (Å²) >= 11 is 0. The van der Waals surface area contributed by atoms with E-state index in [1.807, 2.05) is 0 Å². The van der Waals surface area contributed by atoms with Crippen molar-refractivity contribution in [2.45, 2.75) is 71.6 Å². The lowest BCUT2D eigenvalue weighted by molar-refractivity contribution is -0.0667. The molecule has 1 N–H and O–H groups in total. The Morgan fingerprint density at radius 2 is 2.00 bits per heavy atom. The normalized spacial score (nSPS) is 39.9. The van der Waals surface area contributed by atoms with Gasteiger partial charge in [-0.25, -0.2) is 0 Å². The molecule has 0 aromatic carbocycles. The van der Waals surface area contributed by atoms with Crippen LogP contribution in [0.3, 0.4) is 0 Å². The molecular formula is C17H34N2O. The zero-order chi connectivity index (χ0) is 14.5. The van der Waals surface area contributed by atoms with Crippen molar-refractivity contribution >= 4 is 0 Å². The third-order valence-electron chi connectivity index (χ3n) is 5.13. The van der Waals surface area contributed by atoms with Crippen molar-refractivity contribution in [1.82, 2.24) is 10.2 Å². The molecule has 1 saturated heterocycles. The average molecular weight is 282 g/mol. The predicted octanol–water partition coefficient (Wildman–Crippen LogP) is 2.90. The fourth-order valence-corrected chi connectivity index (χ4v) is 4.25. The van der Waals surface area contributed by atoms with E-state index in [4.69, 9.17) is 4.74 Å². The van der Waals surface area contributed by atoms with E-state index in [0.717, 1.165) is 44.5 Å². The van der Waals surface area contributed by atoms with Gasteiger partial charge in [0.2, 0.25) is 0 Å². The first-order chi connectivity index (χ1) is 9.65. The maximum atomic E-state index is 5.86. The molecule has 0 aromatic rings. The van der Waals surface area contributed by atoms with Crippen molar-refractivity contribution in [1.29, 1.82) is 0 Å². The van der Waals surface area contributed by atoms with Gasteiger partial charge in [0, 0.05) is 25.2 Å². The van der Waals surface area contributed by atoms with Crippen LogP contribution < -0.4 is 5.32 Å². The number of nitrogens with one attached hydrogen (secondary N) is 1. The molecule has 3 nitrogen and oxygen atoms in total. The number of morpholine rings is 1. The second-order valence-corrected chi connectivity index (χ2v) is 7.00. The van der Waals surface area contributed by atoms with Gasteiger partial charge in [-0.1, -0.05) is 27.7 Å². The van der Waals surface area contributed by atoms with Crippen LogP contribution in [0.5, 0.6) is 0 Å². The predicted molar refractivity (Wildman–Crippen MR) is 85.0 cm³/mol. The van der Waals surface area contributed by atoms with Crippen molar-refractivity contribution in [2.24, 2.45) is 11.8 Å². The molecule has 5 unspecified atom stereocenters. The van der Waals surface area contributed by atoms with Gasteiger partial charge in [0.1, 0.15) is 0 Å². The molecule has 0 spiro atoms. The van der Waals surface area contributed by atoms with E-state index in [1.54, 1.807) is 0 Å².